The molecule has 0 fully saturated rings. The maximum atomic E-state index is 12.9. The van der Waals surface area contributed by atoms with E-state index in [9.17, 15) is 14.7 Å². The number of fused-ring (bicyclic) bond motifs is 1. The van der Waals surface area contributed by atoms with E-state index in [-0.39, 0.29) is 17.5 Å². The van der Waals surface area contributed by atoms with Crippen molar-refractivity contribution >= 4 is 35.0 Å². The number of methoxy groups -OCH3 is 1. The lowest BCUT2D eigenvalue weighted by Crippen LogP contribution is -2.53. The molecule has 2 aromatic rings. The number of hydrogen-bond donors (Lipinski definition) is 2. The van der Waals surface area contributed by atoms with Crippen molar-refractivity contribution in [2.24, 2.45) is 5.92 Å². The Balaban J connectivity index is 1.98. The van der Waals surface area contributed by atoms with E-state index in [1.165, 1.54) is 19.2 Å². The summed E-state index contributed by atoms with van der Waals surface area (Å²) in [7, 11) is 3.22. The molecule has 0 saturated carbocycles. The first-order valence-electron chi connectivity index (χ1n) is 10.4. The van der Waals surface area contributed by atoms with Crippen LogP contribution in [0.5, 0.6) is 5.75 Å². The highest BCUT2D eigenvalue weighted by Crippen LogP contribution is 2.36. The molecular formula is C22H29N5O4. The van der Waals surface area contributed by atoms with Crippen molar-refractivity contribution in [3.05, 3.63) is 30.0 Å². The number of amides is 1. The molecule has 2 N–H and O–H groups in total. The Hall–Kier alpha value is -3.36. The van der Waals surface area contributed by atoms with Crippen LogP contribution in [0.3, 0.4) is 0 Å². The predicted molar refractivity (Wildman–Crippen MR) is 120 cm³/mol. The zero-order valence-corrected chi connectivity index (χ0v) is 18.5. The molecule has 1 aliphatic rings. The van der Waals surface area contributed by atoms with Crippen LogP contribution in [0.1, 0.15) is 44.0 Å². The van der Waals surface area contributed by atoms with E-state index < -0.39 is 5.97 Å². The molecule has 1 unspecified atom stereocenters. The fourth-order valence-corrected chi connectivity index (χ4v) is 3.60. The summed E-state index contributed by atoms with van der Waals surface area (Å²) < 4.78 is 5.33. The van der Waals surface area contributed by atoms with Gasteiger partial charge in [-0.25, -0.2) is 9.78 Å². The first kappa shape index (κ1) is 22.3. The molecule has 31 heavy (non-hydrogen) atoms. The number of carboxylic acids is 1. The van der Waals surface area contributed by atoms with E-state index in [1.807, 2.05) is 6.92 Å². The van der Waals surface area contributed by atoms with Gasteiger partial charge in [-0.15, -0.1) is 0 Å². The van der Waals surface area contributed by atoms with Gasteiger partial charge in [0.05, 0.1) is 24.6 Å². The molecule has 1 atom stereocenters. The van der Waals surface area contributed by atoms with Gasteiger partial charge in [-0.3, -0.25) is 4.79 Å². The van der Waals surface area contributed by atoms with Crippen LogP contribution in [-0.2, 0) is 4.79 Å². The van der Waals surface area contributed by atoms with Gasteiger partial charge in [0, 0.05) is 13.6 Å². The number of hydrogen-bond acceptors (Lipinski definition) is 7. The maximum absolute atomic E-state index is 12.9. The van der Waals surface area contributed by atoms with E-state index in [0.717, 1.165) is 13.0 Å². The number of ether oxygens (including phenoxy) is 1. The molecule has 1 aromatic carbocycles. The van der Waals surface area contributed by atoms with E-state index in [2.05, 4.69) is 29.0 Å². The number of aromatic carboxylic acids is 1. The number of nitrogens with zero attached hydrogens (tertiary/aromatic N) is 4. The van der Waals surface area contributed by atoms with Crippen LogP contribution in [0, 0.1) is 5.92 Å². The number of anilines is 4. The quantitative estimate of drug-likeness (QED) is 0.659. The van der Waals surface area contributed by atoms with Crippen LogP contribution in [0.4, 0.5) is 23.1 Å². The minimum absolute atomic E-state index is 0.0361. The van der Waals surface area contributed by atoms with Gasteiger partial charge in [-0.1, -0.05) is 20.8 Å². The third-order valence-electron chi connectivity index (χ3n) is 5.40. The number of benzene rings is 1. The van der Waals surface area contributed by atoms with Crippen LogP contribution in [0.25, 0.3) is 0 Å². The third kappa shape index (κ3) is 4.55. The molecule has 0 bridgehead atoms. The van der Waals surface area contributed by atoms with Crippen LogP contribution in [-0.4, -0.2) is 53.7 Å². The van der Waals surface area contributed by atoms with Gasteiger partial charge in [-0.2, -0.15) is 4.98 Å². The number of nitrogens with one attached hydrogen (secondary N) is 1. The number of rotatable bonds is 8. The number of carbonyl (C=O) groups excluding carboxylic acids is 1. The van der Waals surface area contributed by atoms with Gasteiger partial charge < -0.3 is 25.0 Å². The fourth-order valence-electron chi connectivity index (χ4n) is 3.60. The minimum Gasteiger partial charge on any atom is -0.495 e. The van der Waals surface area contributed by atoms with Crippen molar-refractivity contribution in [2.75, 3.05) is 35.8 Å². The summed E-state index contributed by atoms with van der Waals surface area (Å²) in [5.41, 5.74) is 1.34. The average molecular weight is 428 g/mol. The zero-order valence-electron chi connectivity index (χ0n) is 18.5. The van der Waals surface area contributed by atoms with Gasteiger partial charge in [0.1, 0.15) is 17.5 Å². The standard InChI is InChI=1S/C22H29N5O4/c1-6-16-20(28)26(4)17-12-23-22(25-19(17)27(16)10-9-13(2)3)24-15-8-7-14(21(29)30)11-18(15)31-5/h7-8,11-13,16H,6,9-10H2,1-5H3,(H,29,30)(H,23,24,25). The SMILES string of the molecule is CCC1C(=O)N(C)c2cnc(Nc3ccc(C(=O)O)cc3OC)nc2N1CCC(C)C. The summed E-state index contributed by atoms with van der Waals surface area (Å²) in [6.45, 7) is 7.02. The second-order valence-corrected chi connectivity index (χ2v) is 7.94. The molecule has 2 heterocycles. The summed E-state index contributed by atoms with van der Waals surface area (Å²) in [6.07, 6.45) is 3.25. The molecule has 1 aliphatic heterocycles. The molecule has 1 aromatic heterocycles. The highest BCUT2D eigenvalue weighted by molar-refractivity contribution is 6.04. The molecule has 0 saturated heterocycles. The number of carboxylic acid groups (broad SMARTS) is 1. The van der Waals surface area contributed by atoms with Crippen LogP contribution >= 0.6 is 0 Å². The van der Waals surface area contributed by atoms with Gasteiger partial charge in [0.2, 0.25) is 11.9 Å². The summed E-state index contributed by atoms with van der Waals surface area (Å²) in [5.74, 6) is 0.909. The molecule has 3 rings (SSSR count). The Bertz CT molecular complexity index is 978. The molecule has 166 valence electrons. The van der Waals surface area contributed by atoms with E-state index in [0.29, 0.717) is 41.2 Å². The topological polar surface area (TPSA) is 108 Å². The Kier molecular flexibility index (Phi) is 6.62. The first-order valence-corrected chi connectivity index (χ1v) is 10.4. The average Bonchev–Trinajstić information content (AvgIpc) is 2.75. The van der Waals surface area contributed by atoms with Crippen LogP contribution in [0.2, 0.25) is 0 Å². The summed E-state index contributed by atoms with van der Waals surface area (Å²) in [5, 5.41) is 12.3. The normalized spacial score (nSPS) is 15.8. The summed E-state index contributed by atoms with van der Waals surface area (Å²) in [4.78, 5) is 36.9. The lowest BCUT2D eigenvalue weighted by atomic mass is 10.0. The van der Waals surface area contributed by atoms with Crippen molar-refractivity contribution in [1.82, 2.24) is 9.97 Å². The molecular weight excluding hydrogens is 398 g/mol. The second kappa shape index (κ2) is 9.20. The lowest BCUT2D eigenvalue weighted by molar-refractivity contribution is -0.120. The molecule has 9 heteroatoms. The highest BCUT2D eigenvalue weighted by Gasteiger charge is 2.36. The summed E-state index contributed by atoms with van der Waals surface area (Å²) in [6, 6.07) is 4.27. The number of aromatic nitrogens is 2. The highest BCUT2D eigenvalue weighted by atomic mass is 16.5. The van der Waals surface area contributed by atoms with Crippen molar-refractivity contribution in [2.45, 2.75) is 39.7 Å². The Morgan fingerprint density at radius 2 is 2.10 bits per heavy atom. The monoisotopic (exact) mass is 427 g/mol. The van der Waals surface area contributed by atoms with Crippen molar-refractivity contribution in [3.8, 4) is 5.75 Å². The van der Waals surface area contributed by atoms with E-state index in [1.54, 1.807) is 24.2 Å². The number of likely N-dealkylation sites (N-methyl/N-ethyl adjacent to an activating group) is 1. The van der Waals surface area contributed by atoms with Crippen molar-refractivity contribution in [3.63, 3.8) is 0 Å². The number of carbonyl (C=O) groups is 2. The smallest absolute Gasteiger partial charge is 0.335 e. The van der Waals surface area contributed by atoms with Crippen LogP contribution < -0.4 is 19.9 Å². The minimum atomic E-state index is -1.03. The molecule has 9 nitrogen and oxygen atoms in total. The van der Waals surface area contributed by atoms with Crippen molar-refractivity contribution < 1.29 is 19.4 Å². The maximum Gasteiger partial charge on any atom is 0.335 e. The summed E-state index contributed by atoms with van der Waals surface area (Å²) >= 11 is 0. The Morgan fingerprint density at radius 1 is 1.35 bits per heavy atom. The van der Waals surface area contributed by atoms with Gasteiger partial charge in [0.25, 0.3) is 0 Å². The second-order valence-electron chi connectivity index (χ2n) is 7.94. The van der Waals surface area contributed by atoms with Gasteiger partial charge >= 0.3 is 5.97 Å². The van der Waals surface area contributed by atoms with Crippen molar-refractivity contribution in [1.29, 1.82) is 0 Å². The van der Waals surface area contributed by atoms with E-state index in [4.69, 9.17) is 9.72 Å². The largest absolute Gasteiger partial charge is 0.495 e. The van der Waals surface area contributed by atoms with Crippen LogP contribution in [0.15, 0.2) is 24.4 Å². The fraction of sp³-hybridized carbons (Fsp3) is 0.455. The Morgan fingerprint density at radius 3 is 2.71 bits per heavy atom. The molecule has 0 aliphatic carbocycles. The molecule has 0 spiro atoms. The molecule has 1 amide bonds. The predicted octanol–water partition coefficient (Wildman–Crippen LogP) is 3.53. The van der Waals surface area contributed by atoms with Gasteiger partial charge in [-0.05, 0) is 37.0 Å². The lowest BCUT2D eigenvalue weighted by Gasteiger charge is -2.40. The van der Waals surface area contributed by atoms with E-state index >= 15 is 0 Å². The zero-order chi connectivity index (χ0) is 22.7. The third-order valence-corrected chi connectivity index (χ3v) is 5.40. The Labute approximate surface area is 182 Å². The van der Waals surface area contributed by atoms with Gasteiger partial charge in [0.15, 0.2) is 5.82 Å². The molecule has 0 radical (unpaired) electrons. The first-order chi connectivity index (χ1) is 14.8.